The molecule has 0 spiro atoms. The van der Waals surface area contributed by atoms with Crippen LogP contribution in [0.1, 0.15) is 16.7 Å². The van der Waals surface area contributed by atoms with E-state index in [4.69, 9.17) is 5.21 Å². The third kappa shape index (κ3) is 2.69. The smallest absolute Gasteiger partial charge is 0.181 e. The molecule has 0 fully saturated rings. The highest BCUT2D eigenvalue weighted by atomic mass is 16.4. The summed E-state index contributed by atoms with van der Waals surface area (Å²) in [4.78, 5) is 11.2. The molecule has 0 aliphatic rings. The second-order valence-electron chi connectivity index (χ2n) is 3.32. The molecule has 0 bridgehead atoms. The Morgan fingerprint density at radius 3 is 2.86 bits per heavy atom. The highest BCUT2D eigenvalue weighted by molar-refractivity contribution is 6.27. The van der Waals surface area contributed by atoms with Crippen molar-refractivity contribution in [3.8, 4) is 0 Å². The van der Waals surface area contributed by atoms with Crippen molar-refractivity contribution in [3.63, 3.8) is 0 Å². The van der Waals surface area contributed by atoms with Crippen molar-refractivity contribution in [2.75, 3.05) is 0 Å². The van der Waals surface area contributed by atoms with Crippen LogP contribution in [0.3, 0.4) is 0 Å². The molecule has 0 unspecified atom stereocenters. The summed E-state index contributed by atoms with van der Waals surface area (Å²) in [5, 5.41) is 10.9. The molecule has 0 radical (unpaired) electrons. The fraction of sp³-hybridized carbons (Fsp3) is 0.273. The van der Waals surface area contributed by atoms with Crippen LogP contribution in [0.4, 0.5) is 0 Å². The van der Waals surface area contributed by atoms with Gasteiger partial charge in [-0.25, -0.2) is 0 Å². The summed E-state index contributed by atoms with van der Waals surface area (Å²) >= 11 is 0. The number of benzene rings is 1. The van der Waals surface area contributed by atoms with Gasteiger partial charge in [-0.15, -0.1) is 0 Å². The molecule has 1 N–H and O–H groups in total. The number of carbonyl (C=O) groups is 1. The third-order valence-corrected chi connectivity index (χ3v) is 2.07. The first kappa shape index (κ1) is 10.4. The van der Waals surface area contributed by atoms with Crippen LogP contribution < -0.4 is 0 Å². The predicted octanol–water partition coefficient (Wildman–Crippen LogP) is 1.88. The van der Waals surface area contributed by atoms with E-state index in [1.807, 2.05) is 32.0 Å². The lowest BCUT2D eigenvalue weighted by atomic mass is 10.0. The van der Waals surface area contributed by atoms with E-state index in [0.717, 1.165) is 22.9 Å². The first-order valence-electron chi connectivity index (χ1n) is 4.40. The molecule has 0 aliphatic carbocycles. The summed E-state index contributed by atoms with van der Waals surface area (Å²) in [6.45, 7) is 3.94. The maximum atomic E-state index is 11.2. The summed E-state index contributed by atoms with van der Waals surface area (Å²) in [5.41, 5.74) is 3.18. The van der Waals surface area contributed by atoms with Gasteiger partial charge in [0.25, 0.3) is 0 Å². The van der Waals surface area contributed by atoms with Gasteiger partial charge in [0.15, 0.2) is 5.78 Å². The largest absolute Gasteiger partial charge is 0.411 e. The van der Waals surface area contributed by atoms with Crippen molar-refractivity contribution in [1.29, 1.82) is 0 Å². The van der Waals surface area contributed by atoms with Crippen molar-refractivity contribution >= 4 is 12.0 Å². The highest BCUT2D eigenvalue weighted by Gasteiger charge is 2.03. The van der Waals surface area contributed by atoms with E-state index < -0.39 is 0 Å². The molecule has 0 heterocycles. The van der Waals surface area contributed by atoms with Gasteiger partial charge in [0.1, 0.15) is 6.21 Å². The number of rotatable bonds is 3. The number of hydrogen-bond donors (Lipinski definition) is 1. The van der Waals surface area contributed by atoms with Crippen LogP contribution in [-0.4, -0.2) is 17.2 Å². The zero-order valence-electron chi connectivity index (χ0n) is 8.32. The summed E-state index contributed by atoms with van der Waals surface area (Å²) in [5.74, 6) is -0.193. The van der Waals surface area contributed by atoms with Crippen molar-refractivity contribution < 1.29 is 10.0 Å². The molecule has 3 nitrogen and oxygen atoms in total. The molecule has 0 aromatic heterocycles. The number of Topliss-reactive ketones (excluding diaryl/α,β-unsaturated/α-hetero) is 1. The topological polar surface area (TPSA) is 49.7 Å². The molecule has 14 heavy (non-hydrogen) atoms. The van der Waals surface area contributed by atoms with Crippen molar-refractivity contribution in [2.45, 2.75) is 20.3 Å². The Labute approximate surface area is 83.1 Å². The molecule has 0 saturated carbocycles. The van der Waals surface area contributed by atoms with Crippen molar-refractivity contribution in [2.24, 2.45) is 5.16 Å². The molecule has 74 valence electrons. The van der Waals surface area contributed by atoms with Gasteiger partial charge in [-0.05, 0) is 25.0 Å². The molecule has 0 atom stereocenters. The Kier molecular flexibility index (Phi) is 3.40. The lowest BCUT2D eigenvalue weighted by molar-refractivity contribution is -0.112. The van der Waals surface area contributed by atoms with E-state index in [2.05, 4.69) is 5.16 Å². The Bertz CT molecular complexity index is 370. The van der Waals surface area contributed by atoms with Crippen LogP contribution in [0, 0.1) is 13.8 Å². The standard InChI is InChI=1S/C11H13NO2/c1-8-3-4-9(2)10(5-8)6-11(13)7-12-14/h3-5,7,14H,6H2,1-2H3/b12-7-. The summed E-state index contributed by atoms with van der Waals surface area (Å²) in [6.07, 6.45) is 1.22. The van der Waals surface area contributed by atoms with Crippen LogP contribution in [0.2, 0.25) is 0 Å². The summed E-state index contributed by atoms with van der Waals surface area (Å²) < 4.78 is 0. The molecule has 1 aromatic rings. The zero-order chi connectivity index (χ0) is 10.6. The molecular weight excluding hydrogens is 178 g/mol. The van der Waals surface area contributed by atoms with Crippen molar-refractivity contribution in [1.82, 2.24) is 0 Å². The number of aryl methyl sites for hydroxylation is 2. The lowest BCUT2D eigenvalue weighted by Crippen LogP contribution is -2.05. The molecule has 1 rings (SSSR count). The minimum Gasteiger partial charge on any atom is -0.411 e. The van der Waals surface area contributed by atoms with Crippen LogP contribution >= 0.6 is 0 Å². The average Bonchev–Trinajstić information content (AvgIpc) is 2.12. The fourth-order valence-corrected chi connectivity index (χ4v) is 1.29. The summed E-state index contributed by atoms with van der Waals surface area (Å²) in [6, 6.07) is 5.95. The molecule has 1 aromatic carbocycles. The van der Waals surface area contributed by atoms with E-state index in [9.17, 15) is 4.79 Å². The van der Waals surface area contributed by atoms with E-state index in [1.165, 1.54) is 0 Å². The average molecular weight is 191 g/mol. The Balaban J connectivity index is 2.85. The number of hydrogen-bond acceptors (Lipinski definition) is 3. The van der Waals surface area contributed by atoms with Crippen LogP contribution in [0.15, 0.2) is 23.4 Å². The lowest BCUT2D eigenvalue weighted by Gasteiger charge is -2.03. The molecular formula is C11H13NO2. The number of carbonyl (C=O) groups excluding carboxylic acids is 1. The molecule has 3 heteroatoms. The Morgan fingerprint density at radius 2 is 2.21 bits per heavy atom. The van der Waals surface area contributed by atoms with Crippen LogP contribution in [0.25, 0.3) is 0 Å². The molecule has 0 amide bonds. The van der Waals surface area contributed by atoms with E-state index in [-0.39, 0.29) is 12.2 Å². The minimum atomic E-state index is -0.193. The van der Waals surface area contributed by atoms with Crippen molar-refractivity contribution in [3.05, 3.63) is 34.9 Å². The fourth-order valence-electron chi connectivity index (χ4n) is 1.29. The second-order valence-corrected chi connectivity index (χ2v) is 3.32. The maximum absolute atomic E-state index is 11.2. The van der Waals surface area contributed by atoms with E-state index >= 15 is 0 Å². The first-order valence-corrected chi connectivity index (χ1v) is 4.40. The maximum Gasteiger partial charge on any atom is 0.181 e. The van der Waals surface area contributed by atoms with Gasteiger partial charge in [0.2, 0.25) is 0 Å². The SMILES string of the molecule is Cc1ccc(C)c(CC(=O)/C=N\O)c1. The normalized spacial score (nSPS) is 10.7. The van der Waals surface area contributed by atoms with Gasteiger partial charge < -0.3 is 5.21 Å². The molecule has 0 saturated heterocycles. The highest BCUT2D eigenvalue weighted by Crippen LogP contribution is 2.11. The molecule has 0 aliphatic heterocycles. The van der Waals surface area contributed by atoms with Gasteiger partial charge in [0.05, 0.1) is 0 Å². The number of oxime groups is 1. The summed E-state index contributed by atoms with van der Waals surface area (Å²) in [7, 11) is 0. The van der Waals surface area contributed by atoms with E-state index in [0.29, 0.717) is 0 Å². The zero-order valence-corrected chi connectivity index (χ0v) is 8.32. The van der Waals surface area contributed by atoms with Gasteiger partial charge >= 0.3 is 0 Å². The van der Waals surface area contributed by atoms with Gasteiger partial charge in [-0.3, -0.25) is 4.79 Å². The Hall–Kier alpha value is -1.64. The quantitative estimate of drug-likeness (QED) is 0.450. The second kappa shape index (κ2) is 4.56. The predicted molar refractivity (Wildman–Crippen MR) is 54.9 cm³/mol. The van der Waals surface area contributed by atoms with Crippen LogP contribution in [-0.2, 0) is 11.2 Å². The minimum absolute atomic E-state index is 0.193. The van der Waals surface area contributed by atoms with Crippen LogP contribution in [0.5, 0.6) is 0 Å². The number of nitrogens with zero attached hydrogens (tertiary/aromatic N) is 1. The van der Waals surface area contributed by atoms with Gasteiger partial charge in [0, 0.05) is 6.42 Å². The Morgan fingerprint density at radius 1 is 1.50 bits per heavy atom. The number of ketones is 1. The first-order chi connectivity index (χ1) is 6.63. The van der Waals surface area contributed by atoms with Gasteiger partial charge in [-0.2, -0.15) is 0 Å². The monoisotopic (exact) mass is 191 g/mol. The van der Waals surface area contributed by atoms with E-state index in [1.54, 1.807) is 0 Å². The van der Waals surface area contributed by atoms with Gasteiger partial charge in [-0.1, -0.05) is 28.9 Å². The third-order valence-electron chi connectivity index (χ3n) is 2.07.